The molecule has 0 aromatic heterocycles. The maximum absolute atomic E-state index is 8.75. The summed E-state index contributed by atoms with van der Waals surface area (Å²) in [5.41, 5.74) is 0.642. The molecule has 0 heterocycles. The van der Waals surface area contributed by atoms with E-state index in [-0.39, 0.29) is 6.61 Å². The van der Waals surface area contributed by atoms with Crippen molar-refractivity contribution in [3.8, 4) is 11.8 Å². The first kappa shape index (κ1) is 13.9. The number of hydrogen-bond acceptors (Lipinski definition) is 4. The van der Waals surface area contributed by atoms with Gasteiger partial charge in [-0.15, -0.1) is 0 Å². The number of rotatable bonds is 7. The molecule has 17 heavy (non-hydrogen) atoms. The van der Waals surface area contributed by atoms with E-state index in [0.29, 0.717) is 17.4 Å². The molecule has 4 heteroatoms. The van der Waals surface area contributed by atoms with Crippen molar-refractivity contribution in [3.63, 3.8) is 0 Å². The van der Waals surface area contributed by atoms with Crippen LogP contribution in [0.2, 0.25) is 0 Å². The highest BCUT2D eigenvalue weighted by Crippen LogP contribution is 2.15. The number of benzene rings is 1. The molecule has 0 aliphatic rings. The van der Waals surface area contributed by atoms with Gasteiger partial charge >= 0.3 is 0 Å². The number of thioether (sulfide) groups is 1. The van der Waals surface area contributed by atoms with Crippen molar-refractivity contribution < 1.29 is 9.84 Å². The molecule has 0 saturated heterocycles. The largest absolute Gasteiger partial charge is 0.493 e. The number of aliphatic hydroxyl groups is 1. The van der Waals surface area contributed by atoms with E-state index in [4.69, 9.17) is 15.1 Å². The van der Waals surface area contributed by atoms with E-state index in [0.717, 1.165) is 17.9 Å². The van der Waals surface area contributed by atoms with Gasteiger partial charge in [-0.1, -0.05) is 6.92 Å². The van der Waals surface area contributed by atoms with Gasteiger partial charge in [-0.25, -0.2) is 0 Å². The normalized spacial score (nSPS) is 11.8. The van der Waals surface area contributed by atoms with Crippen LogP contribution in [0, 0.1) is 11.3 Å². The second kappa shape index (κ2) is 7.99. The van der Waals surface area contributed by atoms with Gasteiger partial charge < -0.3 is 9.84 Å². The predicted molar refractivity (Wildman–Crippen MR) is 70.3 cm³/mol. The fraction of sp³-hybridized carbons (Fsp3) is 0.462. The Morgan fingerprint density at radius 1 is 1.41 bits per heavy atom. The Balaban J connectivity index is 2.20. The van der Waals surface area contributed by atoms with Crippen LogP contribution in [-0.4, -0.2) is 29.3 Å². The van der Waals surface area contributed by atoms with E-state index in [1.807, 2.05) is 0 Å². The lowest BCUT2D eigenvalue weighted by Crippen LogP contribution is -2.06. The van der Waals surface area contributed by atoms with Gasteiger partial charge in [-0.2, -0.15) is 17.0 Å². The first-order valence-corrected chi connectivity index (χ1v) is 6.66. The molecule has 1 aromatic carbocycles. The number of ether oxygens (including phenoxy) is 1. The fourth-order valence-electron chi connectivity index (χ4n) is 1.30. The minimum atomic E-state index is 0.241. The molecular weight excluding hydrogens is 234 g/mol. The van der Waals surface area contributed by atoms with Crippen LogP contribution in [-0.2, 0) is 0 Å². The molecule has 92 valence electrons. The molecule has 0 spiro atoms. The first-order valence-electron chi connectivity index (χ1n) is 5.61. The summed E-state index contributed by atoms with van der Waals surface area (Å²) in [6.45, 7) is 2.99. The monoisotopic (exact) mass is 251 g/mol. The highest BCUT2D eigenvalue weighted by molar-refractivity contribution is 7.99. The molecule has 0 radical (unpaired) electrons. The lowest BCUT2D eigenvalue weighted by Gasteiger charge is -2.10. The molecule has 1 N–H and O–H groups in total. The smallest absolute Gasteiger partial charge is 0.119 e. The Labute approximate surface area is 106 Å². The Morgan fingerprint density at radius 3 is 2.71 bits per heavy atom. The summed E-state index contributed by atoms with van der Waals surface area (Å²) in [6, 6.07) is 9.17. The summed E-state index contributed by atoms with van der Waals surface area (Å²) in [7, 11) is 0. The molecule has 0 fully saturated rings. The Hall–Kier alpha value is -1.18. The van der Waals surface area contributed by atoms with Gasteiger partial charge in [0.05, 0.1) is 18.2 Å². The second-order valence-electron chi connectivity index (χ2n) is 3.68. The summed E-state index contributed by atoms with van der Waals surface area (Å²) in [6.07, 6.45) is 0.821. The molecule has 0 aliphatic heterocycles. The van der Waals surface area contributed by atoms with Gasteiger partial charge in [-0.3, -0.25) is 0 Å². The second-order valence-corrected chi connectivity index (χ2v) is 5.22. The number of aliphatic hydroxyl groups excluding tert-OH is 1. The topological polar surface area (TPSA) is 53.2 Å². The van der Waals surface area contributed by atoms with Crippen LogP contribution in [0.15, 0.2) is 24.3 Å². The zero-order valence-corrected chi connectivity index (χ0v) is 10.7. The Kier molecular flexibility index (Phi) is 6.53. The van der Waals surface area contributed by atoms with Crippen LogP contribution in [0.4, 0.5) is 0 Å². The quantitative estimate of drug-likeness (QED) is 0.756. The van der Waals surface area contributed by atoms with Gasteiger partial charge in [-0.05, 0) is 30.7 Å². The zero-order chi connectivity index (χ0) is 12.5. The van der Waals surface area contributed by atoms with Crippen molar-refractivity contribution in [3.05, 3.63) is 29.8 Å². The summed E-state index contributed by atoms with van der Waals surface area (Å²) >= 11 is 1.79. The van der Waals surface area contributed by atoms with Crippen molar-refractivity contribution in [2.45, 2.75) is 18.6 Å². The van der Waals surface area contributed by atoms with E-state index < -0.39 is 0 Å². The Bertz CT molecular complexity index is 359. The average molecular weight is 251 g/mol. The average Bonchev–Trinajstić information content (AvgIpc) is 2.36. The maximum atomic E-state index is 8.75. The van der Waals surface area contributed by atoms with Crippen molar-refractivity contribution in [1.29, 1.82) is 5.26 Å². The molecule has 0 bridgehead atoms. The third-order valence-corrected chi connectivity index (χ3v) is 3.48. The standard InChI is InChI=1S/C13H17NO2S/c1-11(6-7-15)17-9-8-16-13-4-2-12(10-14)3-5-13/h2-5,11,15H,6-9H2,1H3. The van der Waals surface area contributed by atoms with Crippen LogP contribution >= 0.6 is 11.8 Å². The van der Waals surface area contributed by atoms with Gasteiger partial charge in [0.2, 0.25) is 0 Å². The molecule has 1 atom stereocenters. The van der Waals surface area contributed by atoms with E-state index in [1.165, 1.54) is 0 Å². The minimum absolute atomic E-state index is 0.241. The molecule has 1 unspecified atom stereocenters. The molecule has 0 saturated carbocycles. The van der Waals surface area contributed by atoms with E-state index in [2.05, 4.69) is 13.0 Å². The van der Waals surface area contributed by atoms with Crippen LogP contribution < -0.4 is 4.74 Å². The summed E-state index contributed by atoms with van der Waals surface area (Å²) in [5.74, 6) is 1.70. The number of nitriles is 1. The lowest BCUT2D eigenvalue weighted by atomic mass is 10.2. The molecule has 3 nitrogen and oxygen atoms in total. The van der Waals surface area contributed by atoms with Crippen molar-refractivity contribution in [2.24, 2.45) is 0 Å². The van der Waals surface area contributed by atoms with Crippen LogP contribution in [0.1, 0.15) is 18.9 Å². The molecule has 1 rings (SSSR count). The first-order chi connectivity index (χ1) is 8.26. The molecular formula is C13H17NO2S. The minimum Gasteiger partial charge on any atom is -0.493 e. The van der Waals surface area contributed by atoms with E-state index >= 15 is 0 Å². The third kappa shape index (κ3) is 5.62. The molecule has 0 aliphatic carbocycles. The van der Waals surface area contributed by atoms with Crippen LogP contribution in [0.5, 0.6) is 5.75 Å². The number of nitrogens with zero attached hydrogens (tertiary/aromatic N) is 1. The van der Waals surface area contributed by atoms with Crippen LogP contribution in [0.3, 0.4) is 0 Å². The van der Waals surface area contributed by atoms with Crippen molar-refractivity contribution in [1.82, 2.24) is 0 Å². The highest BCUT2D eigenvalue weighted by Gasteiger charge is 2.01. The maximum Gasteiger partial charge on any atom is 0.119 e. The van der Waals surface area contributed by atoms with Crippen molar-refractivity contribution >= 4 is 11.8 Å². The van der Waals surface area contributed by atoms with Gasteiger partial charge in [0.25, 0.3) is 0 Å². The number of hydrogen-bond donors (Lipinski definition) is 1. The molecule has 0 amide bonds. The van der Waals surface area contributed by atoms with Gasteiger partial charge in [0, 0.05) is 17.6 Å². The predicted octanol–water partition coefficient (Wildman–Crippen LogP) is 2.44. The zero-order valence-electron chi connectivity index (χ0n) is 9.93. The van der Waals surface area contributed by atoms with E-state index in [9.17, 15) is 0 Å². The summed E-state index contributed by atoms with van der Waals surface area (Å²) in [5, 5.41) is 17.9. The van der Waals surface area contributed by atoms with Crippen LogP contribution in [0.25, 0.3) is 0 Å². The van der Waals surface area contributed by atoms with Gasteiger partial charge in [0.1, 0.15) is 5.75 Å². The third-order valence-electron chi connectivity index (χ3n) is 2.27. The summed E-state index contributed by atoms with van der Waals surface area (Å²) in [4.78, 5) is 0. The fourth-order valence-corrected chi connectivity index (χ4v) is 2.15. The van der Waals surface area contributed by atoms with Crippen molar-refractivity contribution in [2.75, 3.05) is 19.0 Å². The molecule has 1 aromatic rings. The van der Waals surface area contributed by atoms with Gasteiger partial charge in [0.15, 0.2) is 0 Å². The highest BCUT2D eigenvalue weighted by atomic mass is 32.2. The Morgan fingerprint density at radius 2 is 2.12 bits per heavy atom. The van der Waals surface area contributed by atoms with E-state index in [1.54, 1.807) is 36.0 Å². The lowest BCUT2D eigenvalue weighted by molar-refractivity contribution is 0.288. The summed E-state index contributed by atoms with van der Waals surface area (Å²) < 4.78 is 5.54. The SMILES string of the molecule is CC(CCO)SCCOc1ccc(C#N)cc1.